The highest BCUT2D eigenvalue weighted by Gasteiger charge is 2.31. The minimum Gasteiger partial charge on any atom is -0.463 e. The number of esters is 1. The first kappa shape index (κ1) is 17.5. The van der Waals surface area contributed by atoms with Crippen LogP contribution in [0.2, 0.25) is 0 Å². The summed E-state index contributed by atoms with van der Waals surface area (Å²) in [4.78, 5) is 16.6. The quantitative estimate of drug-likeness (QED) is 0.769. The number of morpholine rings is 1. The topological polar surface area (TPSA) is 55.2 Å². The Kier molecular flexibility index (Phi) is 5.92. The SMILES string of the molecule is COC(=O)c1ccc([C@@H](C)N2CCCC[C@H]2CN2CCOCC2)o1. The maximum atomic E-state index is 11.6. The van der Waals surface area contributed by atoms with Gasteiger partial charge in [0.05, 0.1) is 26.4 Å². The summed E-state index contributed by atoms with van der Waals surface area (Å²) >= 11 is 0. The minimum atomic E-state index is -0.419. The molecule has 2 atom stereocenters. The zero-order chi connectivity index (χ0) is 16.9. The Morgan fingerprint density at radius 1 is 1.29 bits per heavy atom. The average molecular weight is 336 g/mol. The third kappa shape index (κ3) is 3.99. The standard InChI is InChI=1S/C18H28N2O4/c1-14(16-6-7-17(24-16)18(21)22-2)20-8-4-3-5-15(20)13-19-9-11-23-12-10-19/h6-7,14-15H,3-5,8-13H2,1-2H3/t14-,15+/m1/s1. The zero-order valence-corrected chi connectivity index (χ0v) is 14.7. The number of furan rings is 1. The van der Waals surface area contributed by atoms with Gasteiger partial charge in [-0.2, -0.15) is 0 Å². The van der Waals surface area contributed by atoms with Crippen molar-refractivity contribution in [2.75, 3.05) is 46.5 Å². The molecule has 2 aliphatic heterocycles. The van der Waals surface area contributed by atoms with E-state index in [0.717, 1.165) is 45.2 Å². The molecule has 0 amide bonds. The smallest absolute Gasteiger partial charge is 0.373 e. The Morgan fingerprint density at radius 2 is 2.08 bits per heavy atom. The van der Waals surface area contributed by atoms with Crippen LogP contribution < -0.4 is 0 Å². The van der Waals surface area contributed by atoms with Crippen molar-refractivity contribution in [3.8, 4) is 0 Å². The number of likely N-dealkylation sites (tertiary alicyclic amines) is 1. The van der Waals surface area contributed by atoms with Gasteiger partial charge in [0, 0.05) is 25.7 Å². The number of piperidine rings is 1. The van der Waals surface area contributed by atoms with Gasteiger partial charge < -0.3 is 13.9 Å². The average Bonchev–Trinajstić information content (AvgIpc) is 3.12. The normalized spacial score (nSPS) is 24.7. The Balaban J connectivity index is 1.67. The molecule has 2 fully saturated rings. The number of carbonyl (C=O) groups excluding carboxylic acids is 1. The molecule has 2 aliphatic rings. The Morgan fingerprint density at radius 3 is 2.83 bits per heavy atom. The maximum absolute atomic E-state index is 11.6. The predicted octanol–water partition coefficient (Wildman–Crippen LogP) is 2.31. The monoisotopic (exact) mass is 336 g/mol. The van der Waals surface area contributed by atoms with E-state index in [-0.39, 0.29) is 11.8 Å². The molecule has 0 saturated carbocycles. The molecule has 6 heteroatoms. The van der Waals surface area contributed by atoms with Gasteiger partial charge in [0.1, 0.15) is 5.76 Å². The van der Waals surface area contributed by atoms with Crippen LogP contribution in [-0.2, 0) is 9.47 Å². The number of hydrogen-bond donors (Lipinski definition) is 0. The molecule has 1 aromatic heterocycles. The van der Waals surface area contributed by atoms with Gasteiger partial charge in [-0.05, 0) is 38.4 Å². The maximum Gasteiger partial charge on any atom is 0.373 e. The van der Waals surface area contributed by atoms with Crippen molar-refractivity contribution < 1.29 is 18.7 Å². The van der Waals surface area contributed by atoms with E-state index in [1.807, 2.05) is 6.07 Å². The molecular formula is C18H28N2O4. The van der Waals surface area contributed by atoms with Crippen LogP contribution in [0, 0.1) is 0 Å². The molecule has 3 rings (SSSR count). The second-order valence-electron chi connectivity index (χ2n) is 6.67. The zero-order valence-electron chi connectivity index (χ0n) is 14.7. The first-order valence-electron chi connectivity index (χ1n) is 8.93. The summed E-state index contributed by atoms with van der Waals surface area (Å²) in [6, 6.07) is 4.30. The van der Waals surface area contributed by atoms with Crippen LogP contribution in [0.3, 0.4) is 0 Å². The van der Waals surface area contributed by atoms with Gasteiger partial charge in [-0.1, -0.05) is 6.42 Å². The van der Waals surface area contributed by atoms with Crippen molar-refractivity contribution in [1.29, 1.82) is 0 Å². The second kappa shape index (κ2) is 8.14. The number of methoxy groups -OCH3 is 1. The molecular weight excluding hydrogens is 308 g/mol. The van der Waals surface area contributed by atoms with Crippen molar-refractivity contribution in [2.24, 2.45) is 0 Å². The van der Waals surface area contributed by atoms with Crippen LogP contribution in [0.1, 0.15) is 48.5 Å². The molecule has 0 bridgehead atoms. The van der Waals surface area contributed by atoms with E-state index in [9.17, 15) is 4.79 Å². The van der Waals surface area contributed by atoms with Gasteiger partial charge in [-0.3, -0.25) is 9.80 Å². The van der Waals surface area contributed by atoms with Gasteiger partial charge in [-0.25, -0.2) is 4.79 Å². The lowest BCUT2D eigenvalue weighted by molar-refractivity contribution is 0.00685. The number of nitrogens with zero attached hydrogens (tertiary/aromatic N) is 2. The largest absolute Gasteiger partial charge is 0.463 e. The molecule has 0 radical (unpaired) electrons. The van der Waals surface area contributed by atoms with Crippen molar-refractivity contribution in [1.82, 2.24) is 9.80 Å². The molecule has 134 valence electrons. The lowest BCUT2D eigenvalue weighted by Crippen LogP contribution is -2.50. The first-order valence-corrected chi connectivity index (χ1v) is 8.93. The van der Waals surface area contributed by atoms with E-state index < -0.39 is 5.97 Å². The first-order chi connectivity index (χ1) is 11.7. The molecule has 1 aromatic rings. The van der Waals surface area contributed by atoms with Crippen LogP contribution in [0.25, 0.3) is 0 Å². The number of carbonyl (C=O) groups is 1. The van der Waals surface area contributed by atoms with Gasteiger partial charge in [-0.15, -0.1) is 0 Å². The summed E-state index contributed by atoms with van der Waals surface area (Å²) in [7, 11) is 1.37. The fourth-order valence-electron chi connectivity index (χ4n) is 3.76. The number of hydrogen-bond acceptors (Lipinski definition) is 6. The summed E-state index contributed by atoms with van der Waals surface area (Å²) in [6.07, 6.45) is 3.71. The number of ether oxygens (including phenoxy) is 2. The number of rotatable bonds is 5. The molecule has 0 aromatic carbocycles. The Labute approximate surface area is 143 Å². The molecule has 6 nitrogen and oxygen atoms in total. The van der Waals surface area contributed by atoms with Gasteiger partial charge in [0.15, 0.2) is 0 Å². The van der Waals surface area contributed by atoms with E-state index in [4.69, 9.17) is 13.9 Å². The third-order valence-electron chi connectivity index (χ3n) is 5.17. The van der Waals surface area contributed by atoms with Crippen LogP contribution in [0.4, 0.5) is 0 Å². The van der Waals surface area contributed by atoms with E-state index in [2.05, 4.69) is 16.7 Å². The summed E-state index contributed by atoms with van der Waals surface area (Å²) in [5.74, 6) is 0.697. The highest BCUT2D eigenvalue weighted by atomic mass is 16.5. The van der Waals surface area contributed by atoms with Crippen LogP contribution in [-0.4, -0.2) is 68.3 Å². The second-order valence-corrected chi connectivity index (χ2v) is 6.67. The highest BCUT2D eigenvalue weighted by molar-refractivity contribution is 5.86. The van der Waals surface area contributed by atoms with E-state index in [1.54, 1.807) is 6.07 Å². The van der Waals surface area contributed by atoms with Gasteiger partial charge >= 0.3 is 5.97 Å². The van der Waals surface area contributed by atoms with E-state index in [1.165, 1.54) is 26.4 Å². The molecule has 0 aliphatic carbocycles. The summed E-state index contributed by atoms with van der Waals surface area (Å²) in [5, 5.41) is 0. The predicted molar refractivity (Wildman–Crippen MR) is 90.1 cm³/mol. The Bertz CT molecular complexity index is 539. The third-order valence-corrected chi connectivity index (χ3v) is 5.17. The van der Waals surface area contributed by atoms with Crippen molar-refractivity contribution in [2.45, 2.75) is 38.3 Å². The highest BCUT2D eigenvalue weighted by Crippen LogP contribution is 2.30. The van der Waals surface area contributed by atoms with Crippen LogP contribution in [0.5, 0.6) is 0 Å². The summed E-state index contributed by atoms with van der Waals surface area (Å²) in [5.41, 5.74) is 0. The fraction of sp³-hybridized carbons (Fsp3) is 0.722. The molecule has 0 unspecified atom stereocenters. The summed E-state index contributed by atoms with van der Waals surface area (Å²) < 4.78 is 15.9. The molecule has 3 heterocycles. The molecule has 24 heavy (non-hydrogen) atoms. The lowest BCUT2D eigenvalue weighted by Gasteiger charge is -2.42. The van der Waals surface area contributed by atoms with Gasteiger partial charge in [0.2, 0.25) is 5.76 Å². The van der Waals surface area contributed by atoms with E-state index >= 15 is 0 Å². The summed E-state index contributed by atoms with van der Waals surface area (Å²) in [6.45, 7) is 8.03. The molecule has 0 N–H and O–H groups in total. The Hall–Kier alpha value is -1.37. The van der Waals surface area contributed by atoms with Crippen LogP contribution in [0.15, 0.2) is 16.5 Å². The van der Waals surface area contributed by atoms with Crippen molar-refractivity contribution in [3.63, 3.8) is 0 Å². The molecule has 2 saturated heterocycles. The van der Waals surface area contributed by atoms with Crippen LogP contribution >= 0.6 is 0 Å². The van der Waals surface area contributed by atoms with E-state index in [0.29, 0.717) is 6.04 Å². The van der Waals surface area contributed by atoms with Gasteiger partial charge in [0.25, 0.3) is 0 Å². The van der Waals surface area contributed by atoms with Crippen molar-refractivity contribution in [3.05, 3.63) is 23.7 Å². The minimum absolute atomic E-state index is 0.162. The molecule has 0 spiro atoms. The van der Waals surface area contributed by atoms with Crippen molar-refractivity contribution >= 4 is 5.97 Å². The fourth-order valence-corrected chi connectivity index (χ4v) is 3.76. The lowest BCUT2D eigenvalue weighted by atomic mass is 9.98.